The Morgan fingerprint density at radius 1 is 1.07 bits per heavy atom. The van der Waals surface area contributed by atoms with E-state index in [1.807, 2.05) is 24.3 Å². The molecule has 0 saturated carbocycles. The number of esters is 1. The number of pyridine rings is 1. The summed E-state index contributed by atoms with van der Waals surface area (Å²) in [6.07, 6.45) is 0. The molecule has 0 atom stereocenters. The summed E-state index contributed by atoms with van der Waals surface area (Å²) >= 11 is 1.26. The number of thiophene rings is 1. The zero-order valence-corrected chi connectivity index (χ0v) is 15.8. The Bertz CT molecular complexity index is 1270. The normalized spacial score (nSPS) is 10.9. The van der Waals surface area contributed by atoms with Gasteiger partial charge in [-0.25, -0.2) is 4.79 Å². The molecule has 0 aliphatic heterocycles. The van der Waals surface area contributed by atoms with Crippen molar-refractivity contribution in [2.75, 3.05) is 11.9 Å². The van der Waals surface area contributed by atoms with Crippen LogP contribution in [0.25, 0.3) is 21.0 Å². The van der Waals surface area contributed by atoms with Crippen molar-refractivity contribution in [2.45, 2.75) is 6.92 Å². The summed E-state index contributed by atoms with van der Waals surface area (Å²) in [6, 6.07) is 15.6. The largest absolute Gasteiger partial charge is 0.462 e. The van der Waals surface area contributed by atoms with Crippen LogP contribution in [0.3, 0.4) is 0 Å². The minimum Gasteiger partial charge on any atom is -0.462 e. The van der Waals surface area contributed by atoms with Gasteiger partial charge in [-0.05, 0) is 37.3 Å². The third-order valence-corrected chi connectivity index (χ3v) is 5.42. The molecule has 2 aromatic carbocycles. The molecule has 4 rings (SSSR count). The fraction of sp³-hybridized carbons (Fsp3) is 0.0952. The molecule has 4 aromatic rings. The van der Waals surface area contributed by atoms with E-state index < -0.39 is 5.97 Å². The summed E-state index contributed by atoms with van der Waals surface area (Å²) in [5.74, 6) is -0.788. The highest BCUT2D eigenvalue weighted by molar-refractivity contribution is 7.21. The van der Waals surface area contributed by atoms with Gasteiger partial charge in [-0.15, -0.1) is 11.3 Å². The molecule has 0 saturated heterocycles. The number of fused-ring (bicyclic) bond motifs is 3. The summed E-state index contributed by atoms with van der Waals surface area (Å²) < 4.78 is 5.75. The van der Waals surface area contributed by atoms with Crippen LogP contribution >= 0.6 is 11.3 Å². The first-order valence-electron chi connectivity index (χ1n) is 8.70. The molecule has 2 aromatic heterocycles. The molecule has 0 aliphatic carbocycles. The second kappa shape index (κ2) is 7.28. The number of nitrogens with one attached hydrogen (secondary N) is 2. The highest BCUT2D eigenvalue weighted by Crippen LogP contribution is 2.30. The maximum Gasteiger partial charge on any atom is 0.338 e. The van der Waals surface area contributed by atoms with Crippen molar-refractivity contribution in [2.24, 2.45) is 0 Å². The van der Waals surface area contributed by atoms with E-state index in [9.17, 15) is 14.4 Å². The fourth-order valence-electron chi connectivity index (χ4n) is 2.98. The van der Waals surface area contributed by atoms with Crippen molar-refractivity contribution < 1.29 is 14.3 Å². The number of ether oxygens (including phenoxy) is 1. The first-order valence-corrected chi connectivity index (χ1v) is 9.51. The van der Waals surface area contributed by atoms with Crippen LogP contribution < -0.4 is 10.9 Å². The summed E-state index contributed by atoms with van der Waals surface area (Å²) in [5.41, 5.74) is 1.34. The quantitative estimate of drug-likeness (QED) is 0.510. The SMILES string of the molecule is CCOC(=O)c1cccc(NC(=O)c2cc3c(=O)[nH]c4ccccc4c3s2)c1. The molecule has 2 N–H and O–H groups in total. The van der Waals surface area contributed by atoms with Gasteiger partial charge >= 0.3 is 5.97 Å². The van der Waals surface area contributed by atoms with Crippen LogP contribution in [0.5, 0.6) is 0 Å². The molecule has 0 fully saturated rings. The van der Waals surface area contributed by atoms with Crippen molar-refractivity contribution in [3.05, 3.63) is 75.4 Å². The minimum atomic E-state index is -0.446. The molecule has 140 valence electrons. The van der Waals surface area contributed by atoms with Crippen molar-refractivity contribution in [3.8, 4) is 0 Å². The van der Waals surface area contributed by atoms with Crippen molar-refractivity contribution in [1.82, 2.24) is 4.98 Å². The second-order valence-corrected chi connectivity index (χ2v) is 7.16. The van der Waals surface area contributed by atoms with Crippen LogP contribution in [0.2, 0.25) is 0 Å². The first-order chi connectivity index (χ1) is 13.6. The number of anilines is 1. The minimum absolute atomic E-state index is 0.228. The van der Waals surface area contributed by atoms with E-state index in [1.54, 1.807) is 37.3 Å². The van der Waals surface area contributed by atoms with Gasteiger partial charge in [0.05, 0.1) is 22.4 Å². The van der Waals surface area contributed by atoms with Gasteiger partial charge in [0.25, 0.3) is 11.5 Å². The first kappa shape index (κ1) is 17.9. The van der Waals surface area contributed by atoms with Gasteiger partial charge in [-0.2, -0.15) is 0 Å². The summed E-state index contributed by atoms with van der Waals surface area (Å²) in [7, 11) is 0. The molecule has 0 radical (unpaired) electrons. The Morgan fingerprint density at radius 3 is 2.71 bits per heavy atom. The molecule has 6 nitrogen and oxygen atoms in total. The van der Waals surface area contributed by atoms with E-state index in [0.717, 1.165) is 15.6 Å². The average Bonchev–Trinajstić information content (AvgIpc) is 3.15. The van der Waals surface area contributed by atoms with E-state index in [4.69, 9.17) is 4.74 Å². The summed E-state index contributed by atoms with van der Waals surface area (Å²) in [4.78, 5) is 40.2. The molecule has 28 heavy (non-hydrogen) atoms. The van der Waals surface area contributed by atoms with Crippen LogP contribution in [-0.2, 0) is 4.74 Å². The van der Waals surface area contributed by atoms with Crippen molar-refractivity contribution >= 4 is 49.9 Å². The third-order valence-electron chi connectivity index (χ3n) is 4.25. The lowest BCUT2D eigenvalue weighted by Crippen LogP contribution is -2.11. The molecular formula is C21H16N2O4S. The number of H-pyrrole nitrogens is 1. The molecular weight excluding hydrogens is 376 g/mol. The Morgan fingerprint density at radius 2 is 1.89 bits per heavy atom. The zero-order chi connectivity index (χ0) is 19.7. The van der Waals surface area contributed by atoms with Crippen molar-refractivity contribution in [1.29, 1.82) is 0 Å². The van der Waals surface area contributed by atoms with Gasteiger partial charge in [0, 0.05) is 21.3 Å². The number of aromatic nitrogens is 1. The van der Waals surface area contributed by atoms with Gasteiger partial charge < -0.3 is 15.0 Å². The highest BCUT2D eigenvalue weighted by Gasteiger charge is 2.15. The van der Waals surface area contributed by atoms with Gasteiger partial charge in [0.2, 0.25) is 0 Å². The fourth-order valence-corrected chi connectivity index (χ4v) is 4.07. The Hall–Kier alpha value is -3.45. The average molecular weight is 392 g/mol. The Kier molecular flexibility index (Phi) is 4.67. The van der Waals surface area contributed by atoms with Crippen LogP contribution in [0.1, 0.15) is 27.0 Å². The third kappa shape index (κ3) is 3.27. The lowest BCUT2D eigenvalue weighted by Gasteiger charge is -2.06. The van der Waals surface area contributed by atoms with Crippen LogP contribution in [0.4, 0.5) is 5.69 Å². The van der Waals surface area contributed by atoms with Crippen LogP contribution in [0.15, 0.2) is 59.4 Å². The Balaban J connectivity index is 1.67. The molecule has 1 amide bonds. The number of rotatable bonds is 4. The van der Waals surface area contributed by atoms with Gasteiger partial charge in [-0.3, -0.25) is 9.59 Å². The smallest absolute Gasteiger partial charge is 0.338 e. The number of hydrogen-bond donors (Lipinski definition) is 2. The molecule has 2 heterocycles. The van der Waals surface area contributed by atoms with E-state index in [0.29, 0.717) is 21.5 Å². The van der Waals surface area contributed by atoms with Gasteiger partial charge in [-0.1, -0.05) is 24.3 Å². The molecule has 0 aliphatic rings. The van der Waals surface area contributed by atoms with E-state index in [1.165, 1.54) is 11.3 Å². The second-order valence-electron chi connectivity index (χ2n) is 6.11. The predicted octanol–water partition coefficient (Wildman–Crippen LogP) is 4.17. The van der Waals surface area contributed by atoms with E-state index >= 15 is 0 Å². The molecule has 0 bridgehead atoms. The zero-order valence-electron chi connectivity index (χ0n) is 14.9. The predicted molar refractivity (Wildman–Crippen MR) is 110 cm³/mol. The lowest BCUT2D eigenvalue weighted by molar-refractivity contribution is 0.0526. The highest BCUT2D eigenvalue weighted by atomic mass is 32.1. The number of benzene rings is 2. The lowest BCUT2D eigenvalue weighted by atomic mass is 10.2. The Labute approximate surface area is 163 Å². The molecule has 0 unspecified atom stereocenters. The van der Waals surface area contributed by atoms with Gasteiger partial charge in [0.1, 0.15) is 0 Å². The number of para-hydroxylation sites is 1. The summed E-state index contributed by atoms with van der Waals surface area (Å²) in [5, 5.41) is 4.15. The van der Waals surface area contributed by atoms with E-state index in [-0.39, 0.29) is 18.1 Å². The number of aromatic amines is 1. The monoisotopic (exact) mass is 392 g/mol. The topological polar surface area (TPSA) is 88.3 Å². The number of carbonyl (C=O) groups excluding carboxylic acids is 2. The maximum atomic E-state index is 12.7. The summed E-state index contributed by atoms with van der Waals surface area (Å²) in [6.45, 7) is 2.01. The maximum absolute atomic E-state index is 12.7. The van der Waals surface area contributed by atoms with Crippen LogP contribution in [-0.4, -0.2) is 23.5 Å². The molecule has 0 spiro atoms. The van der Waals surface area contributed by atoms with Crippen molar-refractivity contribution in [3.63, 3.8) is 0 Å². The van der Waals surface area contributed by atoms with Gasteiger partial charge in [0.15, 0.2) is 0 Å². The number of amides is 1. The standard InChI is InChI=1S/C21H16N2O4S/c1-2-27-21(26)12-6-5-7-13(10-12)22-20(25)17-11-15-18(28-17)14-8-3-4-9-16(14)23-19(15)24/h3-11H,2H2,1H3,(H,22,25)(H,23,24). The van der Waals surface area contributed by atoms with E-state index in [2.05, 4.69) is 10.3 Å². The van der Waals surface area contributed by atoms with Crippen LogP contribution in [0, 0.1) is 0 Å². The number of hydrogen-bond acceptors (Lipinski definition) is 5. The number of carbonyl (C=O) groups is 2. The molecule has 7 heteroatoms.